The van der Waals surface area contributed by atoms with Crippen LogP contribution in [-0.4, -0.2) is 24.7 Å². The van der Waals surface area contributed by atoms with Crippen molar-refractivity contribution in [3.05, 3.63) is 34.1 Å². The van der Waals surface area contributed by atoms with Gasteiger partial charge >= 0.3 is 0 Å². The molecule has 1 aliphatic rings. The van der Waals surface area contributed by atoms with E-state index in [-0.39, 0.29) is 11.4 Å². The van der Waals surface area contributed by atoms with Crippen molar-refractivity contribution in [2.24, 2.45) is 5.92 Å². The Bertz CT molecular complexity index is 433. The molecule has 1 saturated heterocycles. The second-order valence-electron chi connectivity index (χ2n) is 4.33. The molecule has 1 heterocycles. The zero-order valence-corrected chi connectivity index (χ0v) is 9.89. The molecule has 18 heavy (non-hydrogen) atoms. The minimum absolute atomic E-state index is 0.0195. The third-order valence-electron chi connectivity index (χ3n) is 3.10. The van der Waals surface area contributed by atoms with Crippen LogP contribution in [0.2, 0.25) is 0 Å². The average Bonchev–Trinajstić information content (AvgIpc) is 2.38. The van der Waals surface area contributed by atoms with Crippen molar-refractivity contribution in [1.82, 2.24) is 0 Å². The lowest BCUT2D eigenvalue weighted by atomic mass is 10.0. The van der Waals surface area contributed by atoms with Gasteiger partial charge in [-0.05, 0) is 24.8 Å². The topological polar surface area (TPSA) is 64.4 Å². The molecule has 0 atom stereocenters. The smallest absolute Gasteiger partial charge is 0.295 e. The lowest BCUT2D eigenvalue weighted by Gasteiger charge is -2.22. The number of nitrogens with one attached hydrogen (secondary N) is 1. The Morgan fingerprint density at radius 1 is 1.44 bits per heavy atom. The second kappa shape index (κ2) is 5.77. The third-order valence-corrected chi connectivity index (χ3v) is 3.10. The summed E-state index contributed by atoms with van der Waals surface area (Å²) in [5.41, 5.74) is -0.240. The van der Waals surface area contributed by atoms with Gasteiger partial charge in [0.2, 0.25) is 0 Å². The second-order valence-corrected chi connectivity index (χ2v) is 4.33. The number of benzene rings is 1. The van der Waals surface area contributed by atoms with E-state index in [0.717, 1.165) is 12.8 Å². The van der Waals surface area contributed by atoms with E-state index in [9.17, 15) is 14.5 Å². The molecule has 6 heteroatoms. The largest absolute Gasteiger partial charge is 0.381 e. The van der Waals surface area contributed by atoms with Gasteiger partial charge in [0.15, 0.2) is 5.82 Å². The van der Waals surface area contributed by atoms with Crippen molar-refractivity contribution in [2.75, 3.05) is 25.1 Å². The van der Waals surface area contributed by atoms with Gasteiger partial charge < -0.3 is 10.1 Å². The average molecular weight is 254 g/mol. The zero-order valence-electron chi connectivity index (χ0n) is 9.89. The third kappa shape index (κ3) is 2.95. The normalized spacial score (nSPS) is 16.5. The van der Waals surface area contributed by atoms with Gasteiger partial charge in [0.1, 0.15) is 5.69 Å². The van der Waals surface area contributed by atoms with Gasteiger partial charge in [-0.3, -0.25) is 10.1 Å². The lowest BCUT2D eigenvalue weighted by Crippen LogP contribution is -2.23. The van der Waals surface area contributed by atoms with E-state index in [2.05, 4.69) is 5.32 Å². The number of para-hydroxylation sites is 1. The number of halogens is 1. The van der Waals surface area contributed by atoms with Crippen LogP contribution in [0.3, 0.4) is 0 Å². The quantitative estimate of drug-likeness (QED) is 0.662. The lowest BCUT2D eigenvalue weighted by molar-refractivity contribution is -0.384. The van der Waals surface area contributed by atoms with Crippen LogP contribution >= 0.6 is 0 Å². The molecule has 0 unspecified atom stereocenters. The molecule has 1 aliphatic heterocycles. The minimum atomic E-state index is -0.587. The van der Waals surface area contributed by atoms with Crippen LogP contribution in [0.4, 0.5) is 15.8 Å². The Hall–Kier alpha value is -1.69. The van der Waals surface area contributed by atoms with E-state index in [4.69, 9.17) is 4.74 Å². The van der Waals surface area contributed by atoms with Crippen LogP contribution in [0.5, 0.6) is 0 Å². The molecular formula is C12H15FN2O3. The number of rotatable bonds is 4. The maximum atomic E-state index is 13.6. The maximum absolute atomic E-state index is 13.6. The highest BCUT2D eigenvalue weighted by atomic mass is 19.1. The monoisotopic (exact) mass is 254 g/mol. The summed E-state index contributed by atoms with van der Waals surface area (Å²) < 4.78 is 18.8. The summed E-state index contributed by atoms with van der Waals surface area (Å²) in [6.07, 6.45) is 1.80. The Morgan fingerprint density at radius 2 is 2.17 bits per heavy atom. The van der Waals surface area contributed by atoms with Crippen molar-refractivity contribution in [1.29, 1.82) is 0 Å². The maximum Gasteiger partial charge on any atom is 0.295 e. The molecule has 0 amide bonds. The standard InChI is InChI=1S/C12H15FN2O3/c13-10-2-1-3-11(15(16)17)12(10)14-8-9-4-6-18-7-5-9/h1-3,9,14H,4-8H2. The number of hydrogen-bond donors (Lipinski definition) is 1. The van der Waals surface area contributed by atoms with Crippen LogP contribution in [0.25, 0.3) is 0 Å². The van der Waals surface area contributed by atoms with Crippen LogP contribution in [-0.2, 0) is 4.74 Å². The Kier molecular flexibility index (Phi) is 4.09. The minimum Gasteiger partial charge on any atom is -0.381 e. The van der Waals surface area contributed by atoms with Gasteiger partial charge in [0, 0.05) is 25.8 Å². The summed E-state index contributed by atoms with van der Waals surface area (Å²) >= 11 is 0. The molecule has 0 bridgehead atoms. The van der Waals surface area contributed by atoms with Crippen LogP contribution in [0, 0.1) is 21.8 Å². The fourth-order valence-corrected chi connectivity index (χ4v) is 2.04. The van der Waals surface area contributed by atoms with E-state index < -0.39 is 10.7 Å². The fraction of sp³-hybridized carbons (Fsp3) is 0.500. The first-order valence-corrected chi connectivity index (χ1v) is 5.93. The van der Waals surface area contributed by atoms with Gasteiger partial charge in [-0.15, -0.1) is 0 Å². The Morgan fingerprint density at radius 3 is 2.83 bits per heavy atom. The summed E-state index contributed by atoms with van der Waals surface area (Å²) in [5.74, 6) is -0.214. The van der Waals surface area contributed by atoms with Crippen LogP contribution < -0.4 is 5.32 Å². The van der Waals surface area contributed by atoms with Crippen molar-refractivity contribution in [3.63, 3.8) is 0 Å². The van der Waals surface area contributed by atoms with Crippen molar-refractivity contribution in [3.8, 4) is 0 Å². The SMILES string of the molecule is O=[N+]([O-])c1cccc(F)c1NCC1CCOCC1. The summed E-state index contributed by atoms with van der Waals surface area (Å²) in [6.45, 7) is 1.93. The first-order valence-electron chi connectivity index (χ1n) is 5.93. The van der Waals surface area contributed by atoms with Crippen molar-refractivity contribution < 1.29 is 14.1 Å². The molecule has 1 aromatic carbocycles. The van der Waals surface area contributed by atoms with E-state index in [1.807, 2.05) is 0 Å². The molecule has 0 aliphatic carbocycles. The molecule has 1 N–H and O–H groups in total. The molecule has 0 aromatic heterocycles. The van der Waals surface area contributed by atoms with Gasteiger partial charge in [-0.25, -0.2) is 4.39 Å². The predicted octanol–water partition coefficient (Wildman–Crippen LogP) is 2.57. The van der Waals surface area contributed by atoms with E-state index in [1.165, 1.54) is 18.2 Å². The number of anilines is 1. The Balaban J connectivity index is 2.05. The highest BCUT2D eigenvalue weighted by molar-refractivity contribution is 5.62. The van der Waals surface area contributed by atoms with Gasteiger partial charge in [0.25, 0.3) is 5.69 Å². The molecule has 98 valence electrons. The predicted molar refractivity (Wildman–Crippen MR) is 65.1 cm³/mol. The fourth-order valence-electron chi connectivity index (χ4n) is 2.04. The van der Waals surface area contributed by atoms with Crippen LogP contribution in [0.15, 0.2) is 18.2 Å². The number of nitro groups is 1. The number of hydrogen-bond acceptors (Lipinski definition) is 4. The summed E-state index contributed by atoms with van der Waals surface area (Å²) in [4.78, 5) is 10.2. The molecule has 0 spiro atoms. The highest BCUT2D eigenvalue weighted by Crippen LogP contribution is 2.27. The van der Waals surface area contributed by atoms with Gasteiger partial charge in [-0.1, -0.05) is 6.07 Å². The highest BCUT2D eigenvalue weighted by Gasteiger charge is 2.20. The van der Waals surface area contributed by atoms with Gasteiger partial charge in [0.05, 0.1) is 4.92 Å². The van der Waals surface area contributed by atoms with Crippen molar-refractivity contribution >= 4 is 11.4 Å². The molecule has 0 radical (unpaired) electrons. The Labute approximate surface area is 104 Å². The number of ether oxygens (including phenoxy) is 1. The summed E-state index contributed by atoms with van der Waals surface area (Å²) in [7, 11) is 0. The van der Waals surface area contributed by atoms with Crippen LogP contribution in [0.1, 0.15) is 12.8 Å². The molecule has 1 aromatic rings. The number of nitrogens with zero attached hydrogens (tertiary/aromatic N) is 1. The summed E-state index contributed by atoms with van der Waals surface area (Å²) in [5, 5.41) is 13.7. The first kappa shape index (κ1) is 12.8. The van der Waals surface area contributed by atoms with E-state index in [1.54, 1.807) is 0 Å². The molecule has 5 nitrogen and oxygen atoms in total. The van der Waals surface area contributed by atoms with E-state index in [0.29, 0.717) is 25.7 Å². The molecule has 2 rings (SSSR count). The van der Waals surface area contributed by atoms with Crippen molar-refractivity contribution in [2.45, 2.75) is 12.8 Å². The summed E-state index contributed by atoms with van der Waals surface area (Å²) in [6, 6.07) is 3.86. The molecular weight excluding hydrogens is 239 g/mol. The molecule has 1 fully saturated rings. The van der Waals surface area contributed by atoms with Gasteiger partial charge in [-0.2, -0.15) is 0 Å². The zero-order chi connectivity index (χ0) is 13.0. The van der Waals surface area contributed by atoms with E-state index >= 15 is 0 Å². The molecule has 0 saturated carbocycles. The number of nitro benzene ring substituents is 1. The first-order chi connectivity index (χ1) is 8.68.